The molecule has 0 aromatic heterocycles. The third-order valence-electron chi connectivity index (χ3n) is 13.2. The minimum Gasteiger partial charge on any atom is -0.756 e. The highest BCUT2D eigenvalue weighted by atomic mass is 31.2. The second-order valence-electron chi connectivity index (χ2n) is 21.0. The van der Waals surface area contributed by atoms with Crippen LogP contribution in [0.3, 0.4) is 0 Å². The molecule has 0 saturated heterocycles. The lowest BCUT2D eigenvalue weighted by Gasteiger charge is -2.29. The molecule has 66 heavy (non-hydrogen) atoms. The summed E-state index contributed by atoms with van der Waals surface area (Å²) in [5.41, 5.74) is 0. The van der Waals surface area contributed by atoms with Gasteiger partial charge in [-0.25, -0.2) is 0 Å². The van der Waals surface area contributed by atoms with Crippen molar-refractivity contribution in [3.8, 4) is 0 Å². The number of hydrogen-bond donors (Lipinski definition) is 2. The van der Waals surface area contributed by atoms with Crippen LogP contribution in [0.1, 0.15) is 284 Å². The number of allylic oxidation sites excluding steroid dienone is 3. The normalized spacial score (nSPS) is 14.1. The van der Waals surface area contributed by atoms with Crippen LogP contribution in [0.5, 0.6) is 0 Å². The summed E-state index contributed by atoms with van der Waals surface area (Å²) < 4.78 is 23.3. The number of amides is 1. The Bertz CT molecular complexity index is 1130. The van der Waals surface area contributed by atoms with Gasteiger partial charge in [0.15, 0.2) is 0 Å². The summed E-state index contributed by atoms with van der Waals surface area (Å²) in [6.07, 6.45) is 61.1. The van der Waals surface area contributed by atoms with Crippen LogP contribution in [-0.2, 0) is 18.4 Å². The smallest absolute Gasteiger partial charge is 0.268 e. The van der Waals surface area contributed by atoms with Crippen LogP contribution in [0.4, 0.5) is 0 Å². The van der Waals surface area contributed by atoms with Crippen LogP contribution < -0.4 is 10.2 Å². The summed E-state index contributed by atoms with van der Waals surface area (Å²) in [6, 6.07) is -0.900. The lowest BCUT2D eigenvalue weighted by Crippen LogP contribution is -2.45. The number of hydrogen-bond acceptors (Lipinski definition) is 6. The number of unbranched alkanes of at least 4 members (excludes halogenated alkanes) is 38. The van der Waals surface area contributed by atoms with Gasteiger partial charge in [0.1, 0.15) is 13.2 Å². The van der Waals surface area contributed by atoms with Gasteiger partial charge < -0.3 is 28.8 Å². The highest BCUT2D eigenvalue weighted by Crippen LogP contribution is 2.38. The van der Waals surface area contributed by atoms with Crippen molar-refractivity contribution < 1.29 is 32.9 Å². The molecule has 0 saturated carbocycles. The second kappa shape index (κ2) is 49.0. The van der Waals surface area contributed by atoms with E-state index in [1.165, 1.54) is 225 Å². The molecule has 0 spiro atoms. The van der Waals surface area contributed by atoms with Crippen molar-refractivity contribution >= 4 is 13.7 Å². The van der Waals surface area contributed by atoms with Gasteiger partial charge in [0.05, 0.1) is 39.9 Å². The van der Waals surface area contributed by atoms with E-state index in [4.69, 9.17) is 9.05 Å². The van der Waals surface area contributed by atoms with Gasteiger partial charge in [0, 0.05) is 6.42 Å². The number of aliphatic hydroxyl groups excluding tert-OH is 1. The molecule has 9 heteroatoms. The van der Waals surface area contributed by atoms with E-state index in [1.807, 2.05) is 27.2 Å². The Hall–Kier alpha value is -1.02. The molecule has 0 aliphatic rings. The predicted octanol–water partition coefficient (Wildman–Crippen LogP) is 16.6. The minimum atomic E-state index is -4.60. The van der Waals surface area contributed by atoms with Crippen molar-refractivity contribution in [2.75, 3.05) is 40.9 Å². The number of rotatable bonds is 53. The maximum atomic E-state index is 13.0. The number of phosphoric acid groups is 1. The number of nitrogens with one attached hydrogen (secondary N) is 1. The van der Waals surface area contributed by atoms with E-state index in [9.17, 15) is 19.4 Å². The average molecular weight is 954 g/mol. The molecular formula is C57H113N2O6P. The number of carbonyl (C=O) groups is 1. The van der Waals surface area contributed by atoms with Gasteiger partial charge in [0.2, 0.25) is 5.91 Å². The van der Waals surface area contributed by atoms with Gasteiger partial charge in [0.25, 0.3) is 7.82 Å². The summed E-state index contributed by atoms with van der Waals surface area (Å²) in [7, 11) is 1.26. The number of quaternary nitrogens is 1. The van der Waals surface area contributed by atoms with Gasteiger partial charge in [-0.3, -0.25) is 9.36 Å². The first-order chi connectivity index (χ1) is 32.0. The molecule has 392 valence electrons. The lowest BCUT2D eigenvalue weighted by molar-refractivity contribution is -0.870. The van der Waals surface area contributed by atoms with Crippen LogP contribution in [0.2, 0.25) is 0 Å². The lowest BCUT2D eigenvalue weighted by atomic mass is 10.0. The van der Waals surface area contributed by atoms with Crippen molar-refractivity contribution in [1.82, 2.24) is 5.32 Å². The molecule has 0 radical (unpaired) electrons. The van der Waals surface area contributed by atoms with E-state index in [0.29, 0.717) is 17.4 Å². The SMILES string of the molecule is CCCCCCCCCCCCCCCCCC/C=C/CC/C=C/C(O)C(COP(=O)([O-])OCC[N+](C)(C)C)NC(=O)CCCCCCCCCCCCCCCCCCCCCCCC. The van der Waals surface area contributed by atoms with Crippen molar-refractivity contribution in [1.29, 1.82) is 0 Å². The molecule has 0 aromatic carbocycles. The number of nitrogens with zero attached hydrogens (tertiary/aromatic N) is 1. The summed E-state index contributed by atoms with van der Waals surface area (Å²) >= 11 is 0. The van der Waals surface area contributed by atoms with E-state index in [1.54, 1.807) is 6.08 Å². The van der Waals surface area contributed by atoms with E-state index in [0.717, 1.165) is 38.5 Å². The van der Waals surface area contributed by atoms with Crippen LogP contribution in [0.15, 0.2) is 24.3 Å². The van der Waals surface area contributed by atoms with Gasteiger partial charge >= 0.3 is 0 Å². The van der Waals surface area contributed by atoms with Crippen LogP contribution in [0, 0.1) is 0 Å². The topological polar surface area (TPSA) is 108 Å². The Morgan fingerprint density at radius 3 is 1.23 bits per heavy atom. The molecule has 8 nitrogen and oxygen atoms in total. The van der Waals surface area contributed by atoms with Gasteiger partial charge in [-0.2, -0.15) is 0 Å². The fourth-order valence-electron chi connectivity index (χ4n) is 8.64. The maximum Gasteiger partial charge on any atom is 0.268 e. The Labute approximate surface area is 411 Å². The number of phosphoric ester groups is 1. The quantitative estimate of drug-likeness (QED) is 0.0272. The number of aliphatic hydroxyl groups is 1. The summed E-state index contributed by atoms with van der Waals surface area (Å²) in [6.45, 7) is 4.67. The standard InChI is InChI=1S/C57H113N2O6P/c1-6-8-10-12-14-16-18-20-22-24-26-28-30-32-34-36-38-40-42-44-46-48-50-56(60)55(54-65-66(62,63)64-53-52-59(3,4)5)58-57(61)51-49-47-45-43-41-39-37-35-33-31-29-27-25-23-21-19-17-15-13-11-9-7-2/h40,42,48,50,55-56,60H,6-39,41,43-47,49,51-54H2,1-5H3,(H-,58,61,62,63)/b42-40+,50-48+. The molecular weight excluding hydrogens is 840 g/mol. The number of carbonyl (C=O) groups excluding carboxylic acids is 1. The van der Waals surface area contributed by atoms with E-state index < -0.39 is 20.0 Å². The molecule has 0 bridgehead atoms. The van der Waals surface area contributed by atoms with Crippen molar-refractivity contribution in [3.05, 3.63) is 24.3 Å². The second-order valence-corrected chi connectivity index (χ2v) is 22.4. The summed E-state index contributed by atoms with van der Waals surface area (Å²) in [4.78, 5) is 25.5. The van der Waals surface area contributed by atoms with Crippen molar-refractivity contribution in [2.45, 2.75) is 296 Å². The average Bonchev–Trinajstić information content (AvgIpc) is 3.28. The fourth-order valence-corrected chi connectivity index (χ4v) is 9.37. The molecule has 3 atom stereocenters. The van der Waals surface area contributed by atoms with E-state index >= 15 is 0 Å². The summed E-state index contributed by atoms with van der Waals surface area (Å²) in [5, 5.41) is 13.9. The van der Waals surface area contributed by atoms with Crippen molar-refractivity contribution in [3.63, 3.8) is 0 Å². The third-order valence-corrected chi connectivity index (χ3v) is 14.1. The molecule has 3 unspecified atom stereocenters. The molecule has 0 heterocycles. The Morgan fingerprint density at radius 1 is 0.515 bits per heavy atom. The van der Waals surface area contributed by atoms with Crippen LogP contribution >= 0.6 is 7.82 Å². The zero-order valence-corrected chi connectivity index (χ0v) is 45.6. The first kappa shape index (κ1) is 65.0. The predicted molar refractivity (Wildman–Crippen MR) is 284 cm³/mol. The number of likely N-dealkylation sites (N-methyl/N-ethyl adjacent to an activating group) is 1. The molecule has 0 aliphatic heterocycles. The van der Waals surface area contributed by atoms with Gasteiger partial charge in [-0.15, -0.1) is 0 Å². The Kier molecular flexibility index (Phi) is 48.2. The first-order valence-corrected chi connectivity index (χ1v) is 30.2. The third kappa shape index (κ3) is 50.8. The molecule has 1 amide bonds. The molecule has 2 N–H and O–H groups in total. The zero-order valence-electron chi connectivity index (χ0n) is 44.7. The summed E-state index contributed by atoms with van der Waals surface area (Å²) in [5.74, 6) is -0.201. The largest absolute Gasteiger partial charge is 0.756 e. The first-order valence-electron chi connectivity index (χ1n) is 28.7. The molecule has 0 aromatic rings. The maximum absolute atomic E-state index is 13.0. The van der Waals surface area contributed by atoms with Crippen LogP contribution in [-0.4, -0.2) is 68.5 Å². The van der Waals surface area contributed by atoms with Gasteiger partial charge in [-0.05, 0) is 32.1 Å². The molecule has 0 rings (SSSR count). The van der Waals surface area contributed by atoms with E-state index in [-0.39, 0.29) is 19.1 Å². The molecule has 0 fully saturated rings. The highest BCUT2D eigenvalue weighted by molar-refractivity contribution is 7.45. The minimum absolute atomic E-state index is 0.00371. The Balaban J connectivity index is 4.24. The Morgan fingerprint density at radius 2 is 0.848 bits per heavy atom. The van der Waals surface area contributed by atoms with Gasteiger partial charge in [-0.1, -0.05) is 269 Å². The van der Waals surface area contributed by atoms with E-state index in [2.05, 4.69) is 31.3 Å². The fraction of sp³-hybridized carbons (Fsp3) is 0.912. The van der Waals surface area contributed by atoms with Crippen LogP contribution in [0.25, 0.3) is 0 Å². The zero-order chi connectivity index (χ0) is 48.5. The molecule has 0 aliphatic carbocycles. The van der Waals surface area contributed by atoms with Crippen molar-refractivity contribution in [2.24, 2.45) is 0 Å². The highest BCUT2D eigenvalue weighted by Gasteiger charge is 2.23. The monoisotopic (exact) mass is 953 g/mol.